The Kier molecular flexibility index (Phi) is 3.96. The topological polar surface area (TPSA) is 81.3 Å². The predicted molar refractivity (Wildman–Crippen MR) is 98.0 cm³/mol. The number of imidazole rings is 1. The van der Waals surface area contributed by atoms with Gasteiger partial charge < -0.3 is 9.88 Å². The number of pyridine rings is 1. The Balaban J connectivity index is 1.74. The van der Waals surface area contributed by atoms with Gasteiger partial charge in [0, 0.05) is 43.4 Å². The van der Waals surface area contributed by atoms with Crippen LogP contribution in [-0.2, 0) is 13.1 Å². The first-order chi connectivity index (χ1) is 12.7. The van der Waals surface area contributed by atoms with Gasteiger partial charge in [0.2, 0.25) is 5.65 Å². The Morgan fingerprint density at radius 1 is 1.19 bits per heavy atom. The van der Waals surface area contributed by atoms with E-state index in [-0.39, 0.29) is 11.5 Å². The van der Waals surface area contributed by atoms with E-state index in [1.54, 1.807) is 45.9 Å². The Labute approximate surface area is 148 Å². The van der Waals surface area contributed by atoms with Crippen LogP contribution in [0.1, 0.15) is 22.8 Å². The van der Waals surface area contributed by atoms with Crippen molar-refractivity contribution in [3.8, 4) is 0 Å². The van der Waals surface area contributed by atoms with Crippen molar-refractivity contribution >= 4 is 22.6 Å². The van der Waals surface area contributed by atoms with Crippen molar-refractivity contribution in [1.29, 1.82) is 0 Å². The number of carbonyl (C=O) groups is 1. The number of amides is 1. The molecular weight excluding hydrogens is 330 g/mol. The molecule has 1 amide bonds. The third kappa shape index (κ3) is 2.63. The van der Waals surface area contributed by atoms with Crippen LogP contribution in [0.5, 0.6) is 0 Å². The van der Waals surface area contributed by atoms with Gasteiger partial charge in [-0.2, -0.15) is 0 Å². The van der Waals surface area contributed by atoms with E-state index in [2.05, 4.69) is 15.3 Å². The molecule has 0 saturated carbocycles. The van der Waals surface area contributed by atoms with Crippen molar-refractivity contribution < 1.29 is 4.79 Å². The normalized spacial score (nSPS) is 11.1. The van der Waals surface area contributed by atoms with Gasteiger partial charge in [0.15, 0.2) is 0 Å². The third-order valence-corrected chi connectivity index (χ3v) is 4.36. The van der Waals surface area contributed by atoms with Crippen LogP contribution in [0.3, 0.4) is 0 Å². The summed E-state index contributed by atoms with van der Waals surface area (Å²) in [6, 6.07) is 9.07. The summed E-state index contributed by atoms with van der Waals surface area (Å²) in [5.41, 5.74) is 3.18. The summed E-state index contributed by atoms with van der Waals surface area (Å²) < 4.78 is 3.39. The summed E-state index contributed by atoms with van der Waals surface area (Å²) in [6.45, 7) is 2.79. The minimum absolute atomic E-state index is 0.169. The summed E-state index contributed by atoms with van der Waals surface area (Å²) in [7, 11) is 0. The van der Waals surface area contributed by atoms with Crippen LogP contribution in [-0.4, -0.2) is 24.8 Å². The van der Waals surface area contributed by atoms with Crippen molar-refractivity contribution in [2.24, 2.45) is 0 Å². The second-order valence-electron chi connectivity index (χ2n) is 5.92. The van der Waals surface area contributed by atoms with Crippen LogP contribution in [0, 0.1) is 0 Å². The molecule has 1 aromatic carbocycles. The molecule has 0 aliphatic heterocycles. The summed E-state index contributed by atoms with van der Waals surface area (Å²) in [6.07, 6.45) is 6.76. The fraction of sp³-hybridized carbons (Fsp3) is 0.158. The number of fused-ring (bicyclic) bond motifs is 3. The van der Waals surface area contributed by atoms with Gasteiger partial charge in [-0.3, -0.25) is 19.0 Å². The van der Waals surface area contributed by atoms with E-state index in [1.165, 1.54) is 0 Å². The molecular formula is C19H17N5O2. The molecule has 0 bridgehead atoms. The highest BCUT2D eigenvalue weighted by Crippen LogP contribution is 2.16. The number of carbonyl (C=O) groups excluding carboxylic acids is 1. The van der Waals surface area contributed by atoms with Gasteiger partial charge in [-0.1, -0.05) is 6.07 Å². The highest BCUT2D eigenvalue weighted by atomic mass is 16.1. The number of hydrogen-bond donors (Lipinski definition) is 1. The van der Waals surface area contributed by atoms with Crippen molar-refractivity contribution in [2.45, 2.75) is 20.0 Å². The van der Waals surface area contributed by atoms with Crippen LogP contribution in [0.15, 0.2) is 59.9 Å². The van der Waals surface area contributed by atoms with Gasteiger partial charge in [0.1, 0.15) is 0 Å². The smallest absolute Gasteiger partial charge is 0.294 e. The van der Waals surface area contributed by atoms with Gasteiger partial charge in [-0.25, -0.2) is 4.98 Å². The first-order valence-electron chi connectivity index (χ1n) is 8.35. The summed E-state index contributed by atoms with van der Waals surface area (Å²) >= 11 is 0. The van der Waals surface area contributed by atoms with Crippen molar-refractivity contribution in [3.63, 3.8) is 0 Å². The number of rotatable bonds is 4. The molecule has 3 aromatic heterocycles. The van der Waals surface area contributed by atoms with Crippen molar-refractivity contribution in [1.82, 2.24) is 24.3 Å². The van der Waals surface area contributed by atoms with Crippen LogP contribution in [0.4, 0.5) is 0 Å². The Hall–Kier alpha value is -3.48. The SMILES string of the molecule is CCn1c(=O)c2nccn2c2ccc(C(=O)NCc3cccnc3)cc21. The van der Waals surface area contributed by atoms with Gasteiger partial charge in [0.05, 0.1) is 11.0 Å². The zero-order valence-corrected chi connectivity index (χ0v) is 14.2. The first kappa shape index (κ1) is 16.0. The van der Waals surface area contributed by atoms with Crippen LogP contribution < -0.4 is 10.9 Å². The summed E-state index contributed by atoms with van der Waals surface area (Å²) in [5, 5.41) is 2.88. The molecule has 1 N–H and O–H groups in total. The fourth-order valence-electron chi connectivity index (χ4n) is 3.07. The van der Waals surface area contributed by atoms with E-state index < -0.39 is 0 Å². The van der Waals surface area contributed by atoms with Crippen LogP contribution in [0.2, 0.25) is 0 Å². The minimum Gasteiger partial charge on any atom is -0.348 e. The molecule has 0 atom stereocenters. The lowest BCUT2D eigenvalue weighted by atomic mass is 10.1. The molecule has 0 fully saturated rings. The number of nitrogens with one attached hydrogen (secondary N) is 1. The average molecular weight is 347 g/mol. The monoisotopic (exact) mass is 347 g/mol. The maximum absolute atomic E-state index is 12.6. The largest absolute Gasteiger partial charge is 0.348 e. The van der Waals surface area contributed by atoms with E-state index in [9.17, 15) is 9.59 Å². The molecule has 0 unspecified atom stereocenters. The molecule has 7 heteroatoms. The number of nitrogens with zero attached hydrogens (tertiary/aromatic N) is 4. The van der Waals surface area contributed by atoms with Gasteiger partial charge in [0.25, 0.3) is 11.5 Å². The average Bonchev–Trinajstić information content (AvgIpc) is 3.17. The van der Waals surface area contributed by atoms with Gasteiger partial charge >= 0.3 is 0 Å². The number of hydrogen-bond acceptors (Lipinski definition) is 4. The summed E-state index contributed by atoms with van der Waals surface area (Å²) in [5.74, 6) is -0.198. The molecule has 26 heavy (non-hydrogen) atoms. The standard InChI is InChI=1S/C19H17N5O2/c1-2-23-16-10-14(18(25)22-12-13-4-3-7-20-11-13)5-6-15(16)24-9-8-21-17(24)19(23)26/h3-11H,2,12H2,1H3,(H,22,25). The molecule has 0 aliphatic carbocycles. The van der Waals surface area contributed by atoms with Crippen molar-refractivity contribution in [3.05, 3.63) is 76.6 Å². The molecule has 0 radical (unpaired) electrons. The number of aromatic nitrogens is 4. The van der Waals surface area contributed by atoms with Crippen LogP contribution >= 0.6 is 0 Å². The molecule has 4 rings (SSSR count). The van der Waals surface area contributed by atoms with E-state index in [1.807, 2.05) is 25.1 Å². The second kappa shape index (κ2) is 6.44. The first-order valence-corrected chi connectivity index (χ1v) is 8.35. The molecule has 0 saturated heterocycles. The van der Waals surface area contributed by atoms with Gasteiger partial charge in [-0.05, 0) is 36.8 Å². The van der Waals surface area contributed by atoms with E-state index in [0.29, 0.717) is 29.8 Å². The minimum atomic E-state index is -0.198. The number of aryl methyl sites for hydroxylation is 1. The van der Waals surface area contributed by atoms with E-state index >= 15 is 0 Å². The zero-order chi connectivity index (χ0) is 18.1. The lowest BCUT2D eigenvalue weighted by Gasteiger charge is -2.12. The van der Waals surface area contributed by atoms with E-state index in [0.717, 1.165) is 11.1 Å². The lowest BCUT2D eigenvalue weighted by Crippen LogP contribution is -2.25. The maximum atomic E-state index is 12.6. The zero-order valence-electron chi connectivity index (χ0n) is 14.2. The lowest BCUT2D eigenvalue weighted by molar-refractivity contribution is 0.0951. The molecule has 7 nitrogen and oxygen atoms in total. The molecule has 130 valence electrons. The quantitative estimate of drug-likeness (QED) is 0.612. The Morgan fingerprint density at radius 2 is 2.08 bits per heavy atom. The highest BCUT2D eigenvalue weighted by molar-refractivity contribution is 5.97. The summed E-state index contributed by atoms with van der Waals surface area (Å²) in [4.78, 5) is 33.3. The fourth-order valence-corrected chi connectivity index (χ4v) is 3.07. The molecule has 4 aromatic rings. The molecule has 0 spiro atoms. The molecule has 3 heterocycles. The maximum Gasteiger partial charge on any atom is 0.294 e. The predicted octanol–water partition coefficient (Wildman–Crippen LogP) is 1.99. The third-order valence-electron chi connectivity index (χ3n) is 4.36. The molecule has 0 aliphatic rings. The van der Waals surface area contributed by atoms with Crippen LogP contribution in [0.25, 0.3) is 16.7 Å². The van der Waals surface area contributed by atoms with Gasteiger partial charge in [-0.15, -0.1) is 0 Å². The number of benzene rings is 1. The second-order valence-corrected chi connectivity index (χ2v) is 5.92. The van der Waals surface area contributed by atoms with E-state index in [4.69, 9.17) is 0 Å². The highest BCUT2D eigenvalue weighted by Gasteiger charge is 2.13. The Morgan fingerprint density at radius 3 is 2.85 bits per heavy atom. The Bertz CT molecular complexity index is 1160. The van der Waals surface area contributed by atoms with Crippen molar-refractivity contribution in [2.75, 3.05) is 0 Å².